The molecule has 3 saturated heterocycles. The zero-order valence-corrected chi connectivity index (χ0v) is 28.2. The van der Waals surface area contributed by atoms with E-state index in [0.29, 0.717) is 31.9 Å². The van der Waals surface area contributed by atoms with Crippen LogP contribution in [0.4, 0.5) is 4.79 Å². The molecule has 3 N–H and O–H groups in total. The van der Waals surface area contributed by atoms with Crippen molar-refractivity contribution >= 4 is 29.7 Å². The van der Waals surface area contributed by atoms with E-state index >= 15 is 0 Å². The molecule has 0 radical (unpaired) electrons. The number of aryl methyl sites for hydroxylation is 2. The number of fused-ring (bicyclic) bond motifs is 1. The number of ether oxygens (including phenoxy) is 4. The van der Waals surface area contributed by atoms with Crippen molar-refractivity contribution in [2.24, 2.45) is 5.92 Å². The summed E-state index contributed by atoms with van der Waals surface area (Å²) < 4.78 is 21.8. The quantitative estimate of drug-likeness (QED) is 0.290. The highest BCUT2D eigenvalue weighted by molar-refractivity contribution is 8.00. The second-order valence-electron chi connectivity index (χ2n) is 12.8. The molecule has 0 bridgehead atoms. The fraction of sp³-hybridized carbons (Fsp3) is 0.514. The molecule has 0 unspecified atom stereocenters. The molecule has 47 heavy (non-hydrogen) atoms. The first kappa shape index (κ1) is 34.7. The Labute approximate surface area is 280 Å². The van der Waals surface area contributed by atoms with E-state index in [9.17, 15) is 19.5 Å². The van der Waals surface area contributed by atoms with Crippen molar-refractivity contribution in [3.05, 3.63) is 77.4 Å². The smallest absolute Gasteiger partial charge is 0.407 e. The molecule has 3 heterocycles. The van der Waals surface area contributed by atoms with Crippen LogP contribution in [-0.2, 0) is 36.8 Å². The van der Waals surface area contributed by atoms with Gasteiger partial charge in [0, 0.05) is 11.3 Å². The van der Waals surface area contributed by atoms with Crippen molar-refractivity contribution in [3.63, 3.8) is 0 Å². The molecule has 3 aliphatic heterocycles. The second kappa shape index (κ2) is 15.1. The molecular formula is C35H45N3O8S. The number of carbonyl (C=O) groups is 3. The van der Waals surface area contributed by atoms with Gasteiger partial charge in [0.2, 0.25) is 5.91 Å². The van der Waals surface area contributed by atoms with Crippen LogP contribution in [0.15, 0.2) is 55.1 Å². The third kappa shape index (κ3) is 8.11. The lowest BCUT2D eigenvalue weighted by molar-refractivity contribution is -0.147. The summed E-state index contributed by atoms with van der Waals surface area (Å²) in [6, 6.07) is 11.2. The van der Waals surface area contributed by atoms with E-state index < -0.39 is 47.3 Å². The lowest BCUT2D eigenvalue weighted by Crippen LogP contribution is -2.58. The lowest BCUT2D eigenvalue weighted by atomic mass is 9.97. The number of thioether (sulfide) groups is 1. The van der Waals surface area contributed by atoms with Crippen LogP contribution in [0.3, 0.4) is 0 Å². The predicted molar refractivity (Wildman–Crippen MR) is 178 cm³/mol. The van der Waals surface area contributed by atoms with E-state index in [2.05, 4.69) is 17.2 Å². The number of nitrogens with zero attached hydrogens (tertiary/aromatic N) is 1. The molecule has 0 aromatic heterocycles. The average molecular weight is 668 g/mol. The van der Waals surface area contributed by atoms with Gasteiger partial charge >= 0.3 is 6.09 Å². The maximum absolute atomic E-state index is 14.0. The van der Waals surface area contributed by atoms with Gasteiger partial charge in [-0.2, -0.15) is 0 Å². The van der Waals surface area contributed by atoms with Gasteiger partial charge in [0.25, 0.3) is 5.91 Å². The summed E-state index contributed by atoms with van der Waals surface area (Å²) >= 11 is 1.46. The Morgan fingerprint density at radius 2 is 1.87 bits per heavy atom. The van der Waals surface area contributed by atoms with Gasteiger partial charge in [-0.25, -0.2) is 4.79 Å². The Balaban J connectivity index is 1.31. The van der Waals surface area contributed by atoms with Gasteiger partial charge in [0.15, 0.2) is 12.4 Å². The number of nitrogens with one attached hydrogen (secondary N) is 2. The number of hydrogen-bond donors (Lipinski definition) is 3. The summed E-state index contributed by atoms with van der Waals surface area (Å²) in [5, 5.41) is 17.4. The van der Waals surface area contributed by atoms with Crippen LogP contribution < -0.4 is 15.4 Å². The number of hydrogen-bond acceptors (Lipinski definition) is 9. The van der Waals surface area contributed by atoms with Crippen LogP contribution in [0, 0.1) is 19.8 Å². The van der Waals surface area contributed by atoms with Crippen molar-refractivity contribution in [2.75, 3.05) is 25.7 Å². The van der Waals surface area contributed by atoms with E-state index in [1.54, 1.807) is 30.3 Å². The number of aliphatic hydroxyl groups excluding tert-OH is 1. The van der Waals surface area contributed by atoms with E-state index in [1.807, 2.05) is 45.9 Å². The molecule has 2 aromatic carbocycles. The van der Waals surface area contributed by atoms with Crippen LogP contribution in [0.5, 0.6) is 5.75 Å². The van der Waals surface area contributed by atoms with Crippen LogP contribution in [0.1, 0.15) is 42.5 Å². The first-order valence-electron chi connectivity index (χ1n) is 16.0. The average Bonchev–Trinajstić information content (AvgIpc) is 3.74. The van der Waals surface area contributed by atoms with E-state index in [1.165, 1.54) is 16.7 Å². The maximum atomic E-state index is 14.0. The fourth-order valence-corrected chi connectivity index (χ4v) is 7.54. The van der Waals surface area contributed by atoms with Crippen LogP contribution in [-0.4, -0.2) is 88.9 Å². The summed E-state index contributed by atoms with van der Waals surface area (Å²) in [4.78, 5) is 42.3. The Kier molecular flexibility index (Phi) is 11.2. The van der Waals surface area contributed by atoms with Crippen molar-refractivity contribution in [3.8, 4) is 5.75 Å². The van der Waals surface area contributed by atoms with Crippen molar-refractivity contribution in [2.45, 2.75) is 82.4 Å². The van der Waals surface area contributed by atoms with E-state index in [4.69, 9.17) is 18.9 Å². The molecule has 12 heteroatoms. The van der Waals surface area contributed by atoms with Gasteiger partial charge in [0.1, 0.15) is 24.5 Å². The minimum absolute atomic E-state index is 0.0690. The molecule has 3 amide bonds. The molecule has 3 aliphatic rings. The zero-order valence-electron chi connectivity index (χ0n) is 27.4. The van der Waals surface area contributed by atoms with Gasteiger partial charge < -0.3 is 39.6 Å². The van der Waals surface area contributed by atoms with Crippen LogP contribution in [0.25, 0.3) is 0 Å². The molecule has 6 atom stereocenters. The highest BCUT2D eigenvalue weighted by Gasteiger charge is 2.50. The number of rotatable bonds is 12. The topological polar surface area (TPSA) is 136 Å². The maximum Gasteiger partial charge on any atom is 0.407 e. The SMILES string of the molecule is C=CCOc1ccc(C[C@H](NC(=O)O[C@@H]2CO[C@@H]3OCC[C@@H]32)[C@H](O)C(=O)N2CSC(C)(C)[C@H]2C(=O)NCc2c(C)cccc2C)cc1. The molecule has 5 rings (SSSR count). The van der Waals surface area contributed by atoms with E-state index in [0.717, 1.165) is 22.3 Å². The minimum Gasteiger partial charge on any atom is -0.490 e. The van der Waals surface area contributed by atoms with Gasteiger partial charge in [0.05, 0.1) is 31.1 Å². The molecule has 3 fully saturated rings. The van der Waals surface area contributed by atoms with Crippen molar-refractivity contribution in [1.82, 2.24) is 15.5 Å². The molecule has 0 spiro atoms. The molecule has 0 aliphatic carbocycles. The predicted octanol–water partition coefficient (Wildman–Crippen LogP) is 3.62. The fourth-order valence-electron chi connectivity index (χ4n) is 6.40. The van der Waals surface area contributed by atoms with Crippen molar-refractivity contribution < 1.29 is 38.4 Å². The number of carbonyl (C=O) groups excluding carboxylic acids is 3. The molecule has 2 aromatic rings. The molecule has 11 nitrogen and oxygen atoms in total. The Morgan fingerprint density at radius 1 is 1.15 bits per heavy atom. The first-order chi connectivity index (χ1) is 22.5. The highest BCUT2D eigenvalue weighted by Crippen LogP contribution is 2.40. The normalized spacial score (nSPS) is 24.2. The minimum atomic E-state index is -1.66. The Morgan fingerprint density at radius 3 is 2.57 bits per heavy atom. The number of benzene rings is 2. The number of aliphatic hydroxyl groups is 1. The summed E-state index contributed by atoms with van der Waals surface area (Å²) in [7, 11) is 0. The van der Waals surface area contributed by atoms with Gasteiger partial charge in [-0.1, -0.05) is 43.0 Å². The summed E-state index contributed by atoms with van der Waals surface area (Å²) in [5.74, 6) is -0.189. The number of alkyl carbamates (subject to hydrolysis) is 1. The summed E-state index contributed by atoms with van der Waals surface area (Å²) in [5.41, 5.74) is 3.90. The summed E-state index contributed by atoms with van der Waals surface area (Å²) in [6.07, 6.45) is -0.856. The third-order valence-corrected chi connectivity index (χ3v) is 10.5. The largest absolute Gasteiger partial charge is 0.490 e. The van der Waals surface area contributed by atoms with Gasteiger partial charge in [-0.05, 0) is 74.9 Å². The summed E-state index contributed by atoms with van der Waals surface area (Å²) in [6.45, 7) is 12.9. The molecule has 0 saturated carbocycles. The molecular weight excluding hydrogens is 622 g/mol. The first-order valence-corrected chi connectivity index (χ1v) is 17.0. The number of amides is 3. The van der Waals surface area contributed by atoms with Gasteiger partial charge in [-0.3, -0.25) is 9.59 Å². The standard InChI is InChI=1S/C35H45N3O8S/c1-6-15-43-24-12-10-23(11-13-24)17-27(37-34(42)46-28-19-45-33-25(28)14-16-44-33)29(39)32(41)38-20-47-35(4,5)30(38)31(40)36-18-26-21(2)8-7-9-22(26)3/h6-13,25,27-30,33,39H,1,14-20H2,2-5H3,(H,36,40)(H,37,42)/t25-,27+,28-,29+,30-,33+/m1/s1. The Bertz CT molecular complexity index is 1430. The monoisotopic (exact) mass is 667 g/mol. The Hall–Kier alpha value is -3.58. The highest BCUT2D eigenvalue weighted by atomic mass is 32.2. The third-order valence-electron chi connectivity index (χ3n) is 9.09. The second-order valence-corrected chi connectivity index (χ2v) is 14.4. The van der Waals surface area contributed by atoms with E-state index in [-0.39, 0.29) is 30.7 Å². The van der Waals surface area contributed by atoms with Crippen LogP contribution in [0.2, 0.25) is 0 Å². The lowest BCUT2D eigenvalue weighted by Gasteiger charge is -2.33. The molecule has 254 valence electrons. The zero-order chi connectivity index (χ0) is 33.7. The van der Waals surface area contributed by atoms with Gasteiger partial charge in [-0.15, -0.1) is 11.8 Å². The van der Waals surface area contributed by atoms with Crippen molar-refractivity contribution in [1.29, 1.82) is 0 Å². The van der Waals surface area contributed by atoms with Crippen LogP contribution >= 0.6 is 11.8 Å².